The third-order valence-electron chi connectivity index (χ3n) is 5.19. The normalized spacial score (nSPS) is 29.7. The van der Waals surface area contributed by atoms with Crippen LogP contribution in [0.15, 0.2) is 42.7 Å². The monoisotopic (exact) mass is 296 g/mol. The molecule has 1 aromatic heterocycles. The molecule has 4 rings (SSSR count). The fraction of sp³-hybridized carbons (Fsp3) is 0.412. The Morgan fingerprint density at radius 3 is 2.64 bits per heavy atom. The summed E-state index contributed by atoms with van der Waals surface area (Å²) in [5, 5.41) is 7.21. The van der Waals surface area contributed by atoms with Crippen LogP contribution in [-0.4, -0.2) is 21.7 Å². The number of nitrogens with one attached hydrogen (secondary N) is 1. The molecule has 4 unspecified atom stereocenters. The topological polar surface area (TPSA) is 72.9 Å². The van der Waals surface area contributed by atoms with E-state index in [2.05, 4.69) is 10.4 Å². The van der Waals surface area contributed by atoms with Gasteiger partial charge in [-0.1, -0.05) is 0 Å². The zero-order valence-corrected chi connectivity index (χ0v) is 12.4. The number of hydrogen-bond donors (Lipinski definition) is 2. The van der Waals surface area contributed by atoms with E-state index in [9.17, 15) is 4.79 Å². The number of carbonyl (C=O) groups excluding carboxylic acids is 1. The van der Waals surface area contributed by atoms with E-state index in [0.717, 1.165) is 24.2 Å². The lowest BCUT2D eigenvalue weighted by molar-refractivity contribution is -0.121. The summed E-state index contributed by atoms with van der Waals surface area (Å²) in [7, 11) is 0. The Bertz CT molecular complexity index is 662. The molecule has 1 amide bonds. The van der Waals surface area contributed by atoms with E-state index in [-0.39, 0.29) is 17.9 Å². The maximum atomic E-state index is 12.5. The van der Waals surface area contributed by atoms with Crippen LogP contribution in [0.4, 0.5) is 5.69 Å². The summed E-state index contributed by atoms with van der Waals surface area (Å²) in [5.74, 6) is 1.07. The third-order valence-corrected chi connectivity index (χ3v) is 5.19. The minimum Gasteiger partial charge on any atom is -0.327 e. The summed E-state index contributed by atoms with van der Waals surface area (Å²) in [6, 6.07) is 9.63. The van der Waals surface area contributed by atoms with Crippen molar-refractivity contribution in [3.8, 4) is 5.69 Å². The van der Waals surface area contributed by atoms with Gasteiger partial charge in [0.1, 0.15) is 0 Å². The van der Waals surface area contributed by atoms with E-state index < -0.39 is 0 Å². The number of rotatable bonds is 3. The summed E-state index contributed by atoms with van der Waals surface area (Å²) >= 11 is 0. The summed E-state index contributed by atoms with van der Waals surface area (Å²) in [4.78, 5) is 12.5. The van der Waals surface area contributed by atoms with Crippen molar-refractivity contribution in [2.45, 2.75) is 25.3 Å². The lowest BCUT2D eigenvalue weighted by atomic mass is 9.84. The molecule has 5 heteroatoms. The molecule has 3 N–H and O–H groups in total. The number of fused-ring (bicyclic) bond motifs is 2. The number of carbonyl (C=O) groups is 1. The van der Waals surface area contributed by atoms with Gasteiger partial charge in [0.2, 0.25) is 5.91 Å². The number of aromatic nitrogens is 2. The van der Waals surface area contributed by atoms with Crippen molar-refractivity contribution in [1.29, 1.82) is 0 Å². The van der Waals surface area contributed by atoms with Crippen LogP contribution in [0, 0.1) is 17.8 Å². The highest BCUT2D eigenvalue weighted by Crippen LogP contribution is 2.47. The Kier molecular flexibility index (Phi) is 3.22. The summed E-state index contributed by atoms with van der Waals surface area (Å²) in [6.45, 7) is 0. The van der Waals surface area contributed by atoms with Crippen LogP contribution in [0.2, 0.25) is 0 Å². The van der Waals surface area contributed by atoms with Crippen LogP contribution in [0.5, 0.6) is 0 Å². The fourth-order valence-corrected chi connectivity index (χ4v) is 4.07. The lowest BCUT2D eigenvalue weighted by Crippen LogP contribution is -2.42. The molecular formula is C17H20N4O. The second-order valence-electron chi connectivity index (χ2n) is 6.42. The largest absolute Gasteiger partial charge is 0.327 e. The molecule has 2 saturated carbocycles. The van der Waals surface area contributed by atoms with Gasteiger partial charge < -0.3 is 11.1 Å². The highest BCUT2D eigenvalue weighted by Gasteiger charge is 2.49. The molecule has 2 aromatic rings. The van der Waals surface area contributed by atoms with Crippen molar-refractivity contribution in [3.05, 3.63) is 42.7 Å². The molecule has 4 atom stereocenters. The van der Waals surface area contributed by atoms with Crippen LogP contribution in [0.3, 0.4) is 0 Å². The van der Waals surface area contributed by atoms with E-state index in [1.165, 1.54) is 6.42 Å². The minimum absolute atomic E-state index is 0.0236. The molecule has 5 nitrogen and oxygen atoms in total. The lowest BCUT2D eigenvalue weighted by Gasteiger charge is -2.27. The van der Waals surface area contributed by atoms with Crippen molar-refractivity contribution < 1.29 is 4.79 Å². The van der Waals surface area contributed by atoms with Gasteiger partial charge in [-0.2, -0.15) is 5.10 Å². The zero-order valence-electron chi connectivity index (χ0n) is 12.4. The number of benzene rings is 1. The molecule has 0 spiro atoms. The van der Waals surface area contributed by atoms with Gasteiger partial charge >= 0.3 is 0 Å². The predicted octanol–water partition coefficient (Wildman–Crippen LogP) is 2.18. The smallest absolute Gasteiger partial charge is 0.229 e. The second-order valence-corrected chi connectivity index (χ2v) is 6.42. The first-order valence-electron chi connectivity index (χ1n) is 7.89. The van der Waals surface area contributed by atoms with Crippen LogP contribution < -0.4 is 11.1 Å². The average molecular weight is 296 g/mol. The van der Waals surface area contributed by atoms with Gasteiger partial charge in [-0.05, 0) is 61.4 Å². The Balaban J connectivity index is 1.46. The maximum Gasteiger partial charge on any atom is 0.229 e. The van der Waals surface area contributed by atoms with E-state index in [0.29, 0.717) is 11.8 Å². The van der Waals surface area contributed by atoms with Crippen LogP contribution >= 0.6 is 0 Å². The SMILES string of the molecule is NC1C2CCC(C2)C1C(=O)Nc1ccc(-n2cccn2)cc1. The minimum atomic E-state index is -0.0236. The van der Waals surface area contributed by atoms with E-state index in [1.807, 2.05) is 36.5 Å². The molecule has 114 valence electrons. The Morgan fingerprint density at radius 2 is 2.00 bits per heavy atom. The molecule has 1 heterocycles. The van der Waals surface area contributed by atoms with Gasteiger partial charge in [0.25, 0.3) is 0 Å². The van der Waals surface area contributed by atoms with Crippen molar-refractivity contribution in [2.75, 3.05) is 5.32 Å². The molecule has 0 aliphatic heterocycles. The molecular weight excluding hydrogens is 276 g/mol. The van der Waals surface area contributed by atoms with Gasteiger partial charge in [0.15, 0.2) is 0 Å². The Hall–Kier alpha value is -2.14. The maximum absolute atomic E-state index is 12.5. The predicted molar refractivity (Wildman–Crippen MR) is 84.5 cm³/mol. The molecule has 2 fully saturated rings. The molecule has 2 aliphatic carbocycles. The summed E-state index contributed by atoms with van der Waals surface area (Å²) < 4.78 is 1.79. The summed E-state index contributed by atoms with van der Waals surface area (Å²) in [5.41, 5.74) is 8.02. The molecule has 0 saturated heterocycles. The molecule has 1 aromatic carbocycles. The first kappa shape index (κ1) is 13.5. The Labute approximate surface area is 129 Å². The van der Waals surface area contributed by atoms with Crippen LogP contribution in [0.1, 0.15) is 19.3 Å². The highest BCUT2D eigenvalue weighted by atomic mass is 16.2. The first-order chi connectivity index (χ1) is 10.7. The van der Waals surface area contributed by atoms with Gasteiger partial charge in [0.05, 0.1) is 11.6 Å². The second kappa shape index (κ2) is 5.25. The van der Waals surface area contributed by atoms with Crippen molar-refractivity contribution >= 4 is 11.6 Å². The van der Waals surface area contributed by atoms with Gasteiger partial charge in [0, 0.05) is 24.1 Å². The van der Waals surface area contributed by atoms with Gasteiger partial charge in [-0.25, -0.2) is 4.68 Å². The van der Waals surface area contributed by atoms with Crippen molar-refractivity contribution in [2.24, 2.45) is 23.5 Å². The first-order valence-corrected chi connectivity index (χ1v) is 7.89. The van der Waals surface area contributed by atoms with Gasteiger partial charge in [-0.3, -0.25) is 4.79 Å². The quantitative estimate of drug-likeness (QED) is 0.912. The number of nitrogens with zero attached hydrogens (tertiary/aromatic N) is 2. The number of hydrogen-bond acceptors (Lipinski definition) is 3. The van der Waals surface area contributed by atoms with Crippen molar-refractivity contribution in [1.82, 2.24) is 9.78 Å². The summed E-state index contributed by atoms with van der Waals surface area (Å²) in [6.07, 6.45) is 7.09. The molecule has 2 bridgehead atoms. The van der Waals surface area contributed by atoms with E-state index in [4.69, 9.17) is 5.73 Å². The number of amides is 1. The van der Waals surface area contributed by atoms with E-state index >= 15 is 0 Å². The standard InChI is InChI=1S/C17H20N4O/c18-16-12-3-2-11(10-12)15(16)17(22)20-13-4-6-14(7-5-13)21-9-1-8-19-21/h1,4-9,11-12,15-16H,2-3,10,18H2,(H,20,22). The number of nitrogens with two attached hydrogens (primary N) is 1. The number of anilines is 1. The van der Waals surface area contributed by atoms with Gasteiger partial charge in [-0.15, -0.1) is 0 Å². The molecule has 0 radical (unpaired) electrons. The molecule has 2 aliphatic rings. The third kappa shape index (κ3) is 2.22. The fourth-order valence-electron chi connectivity index (χ4n) is 4.07. The van der Waals surface area contributed by atoms with E-state index in [1.54, 1.807) is 10.9 Å². The van der Waals surface area contributed by atoms with Crippen LogP contribution in [-0.2, 0) is 4.79 Å². The van der Waals surface area contributed by atoms with Crippen LogP contribution in [0.25, 0.3) is 5.69 Å². The Morgan fingerprint density at radius 1 is 1.23 bits per heavy atom. The highest BCUT2D eigenvalue weighted by molar-refractivity contribution is 5.93. The average Bonchev–Trinajstić information content (AvgIpc) is 3.25. The molecule has 22 heavy (non-hydrogen) atoms. The zero-order chi connectivity index (χ0) is 15.1. The van der Waals surface area contributed by atoms with Crippen molar-refractivity contribution in [3.63, 3.8) is 0 Å².